The molecule has 0 atom stereocenters. The van der Waals surface area contributed by atoms with Crippen molar-refractivity contribution < 1.29 is 4.79 Å². The molecule has 0 aliphatic rings. The molecule has 0 unspecified atom stereocenters. The zero-order valence-corrected chi connectivity index (χ0v) is 16.7. The number of hydrogen-bond donors (Lipinski definition) is 1. The molecule has 0 fully saturated rings. The minimum atomic E-state index is 0.0330. The molecule has 146 valence electrons. The van der Waals surface area contributed by atoms with Crippen molar-refractivity contribution in [3.05, 3.63) is 47.0 Å². The zero-order valence-electron chi connectivity index (χ0n) is 16.7. The van der Waals surface area contributed by atoms with E-state index < -0.39 is 0 Å². The van der Waals surface area contributed by atoms with Crippen molar-refractivity contribution in [1.82, 2.24) is 24.6 Å². The number of imidazole rings is 1. The van der Waals surface area contributed by atoms with Gasteiger partial charge in [-0.3, -0.25) is 9.48 Å². The van der Waals surface area contributed by atoms with Gasteiger partial charge >= 0.3 is 0 Å². The van der Waals surface area contributed by atoms with E-state index in [0.29, 0.717) is 38.9 Å². The molecule has 2 heterocycles. The molecular formula is C21H26N6O. The third-order valence-corrected chi connectivity index (χ3v) is 5.07. The number of carbonyl (C=O) groups is 1. The van der Waals surface area contributed by atoms with E-state index in [1.807, 2.05) is 49.7 Å². The summed E-state index contributed by atoms with van der Waals surface area (Å²) >= 11 is 0. The van der Waals surface area contributed by atoms with Crippen LogP contribution in [0, 0.1) is 32.1 Å². The first-order valence-corrected chi connectivity index (χ1v) is 9.59. The second-order valence-corrected chi connectivity index (χ2v) is 6.93. The summed E-state index contributed by atoms with van der Waals surface area (Å²) in [6.07, 6.45) is 1.52. The molecule has 3 rings (SSSR count). The van der Waals surface area contributed by atoms with Crippen molar-refractivity contribution in [2.45, 2.75) is 53.1 Å². The number of rotatable bonds is 8. The molecule has 0 radical (unpaired) electrons. The van der Waals surface area contributed by atoms with Gasteiger partial charge in [0.2, 0.25) is 5.91 Å². The molecule has 28 heavy (non-hydrogen) atoms. The highest BCUT2D eigenvalue weighted by molar-refractivity contribution is 5.77. The van der Waals surface area contributed by atoms with Crippen LogP contribution >= 0.6 is 0 Å². The van der Waals surface area contributed by atoms with Crippen molar-refractivity contribution >= 4 is 16.9 Å². The highest BCUT2D eigenvalue weighted by Crippen LogP contribution is 2.16. The van der Waals surface area contributed by atoms with Crippen molar-refractivity contribution in [3.63, 3.8) is 0 Å². The molecule has 0 aliphatic heterocycles. The molecular weight excluding hydrogens is 352 g/mol. The smallest absolute Gasteiger partial charge is 0.220 e. The number of para-hydroxylation sites is 2. The highest BCUT2D eigenvalue weighted by Gasteiger charge is 2.13. The molecule has 7 heteroatoms. The largest absolute Gasteiger partial charge is 0.354 e. The molecule has 7 nitrogen and oxygen atoms in total. The number of benzene rings is 1. The number of aromatic nitrogens is 4. The summed E-state index contributed by atoms with van der Waals surface area (Å²) in [7, 11) is 0. The Hall–Kier alpha value is -3.14. The molecule has 1 N–H and O–H groups in total. The second-order valence-electron chi connectivity index (χ2n) is 6.93. The third-order valence-electron chi connectivity index (χ3n) is 5.07. The lowest BCUT2D eigenvalue weighted by Crippen LogP contribution is -2.27. The minimum Gasteiger partial charge on any atom is -0.354 e. The van der Waals surface area contributed by atoms with Crippen molar-refractivity contribution in [3.8, 4) is 6.07 Å². The van der Waals surface area contributed by atoms with Crippen molar-refractivity contribution in [2.24, 2.45) is 0 Å². The standard InChI is InChI=1S/C21H26N6O/c1-15-18(16(2)27(25-15)13-6-11-22)9-10-21(28)23-12-14-26-17(3)24-19-7-4-5-8-20(19)26/h4-5,7-8H,6,9-10,12-14H2,1-3H3,(H,23,28). The average molecular weight is 378 g/mol. The Morgan fingerprint density at radius 2 is 2.00 bits per heavy atom. The molecule has 0 spiro atoms. The Kier molecular flexibility index (Phi) is 6.09. The third kappa shape index (κ3) is 4.22. The van der Waals surface area contributed by atoms with Crippen LogP contribution in [0.2, 0.25) is 0 Å². The van der Waals surface area contributed by atoms with Gasteiger partial charge in [-0.1, -0.05) is 12.1 Å². The van der Waals surface area contributed by atoms with Crippen LogP contribution in [0.5, 0.6) is 0 Å². The molecule has 0 aliphatic carbocycles. The summed E-state index contributed by atoms with van der Waals surface area (Å²) in [6, 6.07) is 10.2. The van der Waals surface area contributed by atoms with E-state index >= 15 is 0 Å². The Bertz CT molecular complexity index is 1020. The molecule has 1 aromatic carbocycles. The number of nitrogens with one attached hydrogen (secondary N) is 1. The normalized spacial score (nSPS) is 10.9. The Balaban J connectivity index is 1.52. The minimum absolute atomic E-state index is 0.0330. The van der Waals surface area contributed by atoms with Crippen LogP contribution in [0.1, 0.15) is 35.6 Å². The van der Waals surface area contributed by atoms with E-state index in [1.165, 1.54) is 0 Å². The van der Waals surface area contributed by atoms with Gasteiger partial charge in [-0.2, -0.15) is 10.4 Å². The van der Waals surface area contributed by atoms with Crippen LogP contribution in [0.25, 0.3) is 11.0 Å². The summed E-state index contributed by atoms with van der Waals surface area (Å²) in [5.74, 6) is 0.983. The Morgan fingerprint density at radius 3 is 2.79 bits per heavy atom. The predicted molar refractivity (Wildman–Crippen MR) is 108 cm³/mol. The summed E-state index contributed by atoms with van der Waals surface area (Å²) in [6.45, 7) is 7.79. The molecule has 3 aromatic rings. The van der Waals surface area contributed by atoms with Gasteiger partial charge in [0.15, 0.2) is 0 Å². The predicted octanol–water partition coefficient (Wildman–Crippen LogP) is 2.82. The van der Waals surface area contributed by atoms with Gasteiger partial charge in [0.25, 0.3) is 0 Å². The summed E-state index contributed by atoms with van der Waals surface area (Å²) in [4.78, 5) is 16.8. The fraction of sp³-hybridized carbons (Fsp3) is 0.429. The number of nitriles is 1. The first-order chi connectivity index (χ1) is 13.5. The monoisotopic (exact) mass is 378 g/mol. The first kappa shape index (κ1) is 19.6. The topological polar surface area (TPSA) is 88.5 Å². The number of carbonyl (C=O) groups excluding carboxylic acids is 1. The van der Waals surface area contributed by atoms with Gasteiger partial charge in [-0.25, -0.2) is 4.98 Å². The lowest BCUT2D eigenvalue weighted by molar-refractivity contribution is -0.121. The number of amides is 1. The fourth-order valence-corrected chi connectivity index (χ4v) is 3.58. The number of aryl methyl sites for hydroxylation is 3. The molecule has 0 bridgehead atoms. The van der Waals surface area contributed by atoms with E-state index in [-0.39, 0.29) is 5.91 Å². The quantitative estimate of drug-likeness (QED) is 0.653. The summed E-state index contributed by atoms with van der Waals surface area (Å²) in [5.41, 5.74) is 5.14. The van der Waals surface area contributed by atoms with Gasteiger partial charge in [-0.15, -0.1) is 0 Å². The maximum absolute atomic E-state index is 12.3. The zero-order chi connectivity index (χ0) is 20.1. The van der Waals surface area contributed by atoms with Crippen LogP contribution in [0.4, 0.5) is 0 Å². The van der Waals surface area contributed by atoms with Crippen molar-refractivity contribution in [2.75, 3.05) is 6.54 Å². The van der Waals surface area contributed by atoms with E-state index in [4.69, 9.17) is 5.26 Å². The van der Waals surface area contributed by atoms with Gasteiger partial charge in [0.05, 0.1) is 35.8 Å². The summed E-state index contributed by atoms with van der Waals surface area (Å²) < 4.78 is 3.99. The fourth-order valence-electron chi connectivity index (χ4n) is 3.58. The van der Waals surface area contributed by atoms with E-state index in [9.17, 15) is 4.79 Å². The maximum Gasteiger partial charge on any atom is 0.220 e. The Morgan fingerprint density at radius 1 is 1.21 bits per heavy atom. The number of hydrogen-bond acceptors (Lipinski definition) is 4. The van der Waals surface area contributed by atoms with Crippen molar-refractivity contribution in [1.29, 1.82) is 5.26 Å². The molecule has 0 saturated carbocycles. The van der Waals surface area contributed by atoms with Crippen LogP contribution in [-0.4, -0.2) is 31.8 Å². The van der Waals surface area contributed by atoms with Gasteiger partial charge in [0, 0.05) is 25.2 Å². The van der Waals surface area contributed by atoms with Gasteiger partial charge in [0.1, 0.15) is 5.82 Å². The van der Waals surface area contributed by atoms with Crippen LogP contribution in [0.15, 0.2) is 24.3 Å². The van der Waals surface area contributed by atoms with E-state index in [2.05, 4.69) is 26.0 Å². The average Bonchev–Trinajstić information content (AvgIpc) is 3.14. The lowest BCUT2D eigenvalue weighted by atomic mass is 10.1. The van der Waals surface area contributed by atoms with Gasteiger partial charge < -0.3 is 9.88 Å². The molecule has 2 aromatic heterocycles. The SMILES string of the molecule is Cc1nn(CCC#N)c(C)c1CCC(=O)NCCn1c(C)nc2ccccc21. The maximum atomic E-state index is 12.3. The van der Waals surface area contributed by atoms with E-state index in [1.54, 1.807) is 0 Å². The summed E-state index contributed by atoms with van der Waals surface area (Å²) in [5, 5.41) is 16.2. The highest BCUT2D eigenvalue weighted by atomic mass is 16.1. The number of nitrogens with zero attached hydrogens (tertiary/aromatic N) is 5. The lowest BCUT2D eigenvalue weighted by Gasteiger charge is -2.09. The van der Waals surface area contributed by atoms with Crippen LogP contribution in [-0.2, 0) is 24.3 Å². The molecule has 1 amide bonds. The van der Waals surface area contributed by atoms with E-state index in [0.717, 1.165) is 33.8 Å². The Labute approximate surface area is 165 Å². The second kappa shape index (κ2) is 8.70. The molecule has 0 saturated heterocycles. The van der Waals surface area contributed by atoms with Crippen LogP contribution in [0.3, 0.4) is 0 Å². The van der Waals surface area contributed by atoms with Gasteiger partial charge in [-0.05, 0) is 44.9 Å². The first-order valence-electron chi connectivity index (χ1n) is 9.59. The van der Waals surface area contributed by atoms with Crippen LogP contribution < -0.4 is 5.32 Å². The number of fused-ring (bicyclic) bond motifs is 1.